The summed E-state index contributed by atoms with van der Waals surface area (Å²) in [4.78, 5) is 11.9. The summed E-state index contributed by atoms with van der Waals surface area (Å²) in [5.74, 6) is 1.66. The van der Waals surface area contributed by atoms with E-state index < -0.39 is 5.60 Å². The molecule has 3 N–H and O–H groups in total. The maximum absolute atomic E-state index is 11.9. The van der Waals surface area contributed by atoms with Crippen molar-refractivity contribution in [1.29, 1.82) is 0 Å². The Morgan fingerprint density at radius 2 is 2.23 bits per heavy atom. The van der Waals surface area contributed by atoms with Gasteiger partial charge in [0.05, 0.1) is 5.60 Å². The molecule has 0 radical (unpaired) electrons. The van der Waals surface area contributed by atoms with Crippen molar-refractivity contribution in [2.75, 3.05) is 18.1 Å². The number of hydrogen-bond donors (Lipinski definition) is 3. The third-order valence-corrected chi connectivity index (χ3v) is 5.30. The van der Waals surface area contributed by atoms with Crippen molar-refractivity contribution >= 4 is 17.8 Å². The van der Waals surface area contributed by atoms with Crippen LogP contribution in [0.15, 0.2) is 18.2 Å². The Morgan fingerprint density at radius 1 is 1.45 bits per heavy atom. The molecule has 2 amide bonds. The van der Waals surface area contributed by atoms with Crippen LogP contribution in [0.1, 0.15) is 30.0 Å². The van der Waals surface area contributed by atoms with Crippen LogP contribution in [0.5, 0.6) is 0 Å². The minimum Gasteiger partial charge on any atom is -0.387 e. The molecule has 5 heteroatoms. The molecule has 0 bridgehead atoms. The minimum absolute atomic E-state index is 0.0500. The average molecular weight is 322 g/mol. The van der Waals surface area contributed by atoms with E-state index in [0.29, 0.717) is 12.3 Å². The predicted molar refractivity (Wildman–Crippen MR) is 92.5 cm³/mol. The fourth-order valence-electron chi connectivity index (χ4n) is 2.71. The molecule has 0 aliphatic carbocycles. The number of rotatable bonds is 5. The van der Waals surface area contributed by atoms with Gasteiger partial charge < -0.3 is 15.7 Å². The van der Waals surface area contributed by atoms with Crippen molar-refractivity contribution in [2.45, 2.75) is 45.3 Å². The minimum atomic E-state index is -0.737. The van der Waals surface area contributed by atoms with Crippen molar-refractivity contribution in [2.24, 2.45) is 0 Å². The fourth-order valence-corrected chi connectivity index (χ4v) is 4.01. The van der Waals surface area contributed by atoms with Crippen LogP contribution in [0.3, 0.4) is 0 Å². The summed E-state index contributed by atoms with van der Waals surface area (Å²) in [6, 6.07) is 6.23. The summed E-state index contributed by atoms with van der Waals surface area (Å²) in [7, 11) is 0. The Balaban J connectivity index is 1.78. The smallest absolute Gasteiger partial charge is 0.315 e. The Kier molecular flexibility index (Phi) is 5.75. The second-order valence-electron chi connectivity index (χ2n) is 6.39. The Hall–Kier alpha value is -1.20. The first kappa shape index (κ1) is 17.2. The van der Waals surface area contributed by atoms with Gasteiger partial charge in [0.2, 0.25) is 0 Å². The van der Waals surface area contributed by atoms with Gasteiger partial charge in [0, 0.05) is 18.3 Å². The van der Waals surface area contributed by atoms with Gasteiger partial charge in [-0.05, 0) is 50.5 Å². The maximum Gasteiger partial charge on any atom is 0.315 e. The van der Waals surface area contributed by atoms with Gasteiger partial charge in [-0.3, -0.25) is 0 Å². The van der Waals surface area contributed by atoms with Gasteiger partial charge in [-0.1, -0.05) is 23.8 Å². The second kappa shape index (κ2) is 7.38. The van der Waals surface area contributed by atoms with Crippen LogP contribution in [0.2, 0.25) is 0 Å². The van der Waals surface area contributed by atoms with E-state index in [-0.39, 0.29) is 12.1 Å². The fraction of sp³-hybridized carbons (Fsp3) is 0.588. The summed E-state index contributed by atoms with van der Waals surface area (Å²) < 4.78 is 0. The van der Waals surface area contributed by atoms with Gasteiger partial charge in [0.25, 0.3) is 0 Å². The summed E-state index contributed by atoms with van der Waals surface area (Å²) in [5.41, 5.74) is 3.02. The van der Waals surface area contributed by atoms with E-state index in [4.69, 9.17) is 0 Å². The summed E-state index contributed by atoms with van der Waals surface area (Å²) in [6.45, 7) is 6.50. The molecular formula is C17H26N2O2S. The topological polar surface area (TPSA) is 61.4 Å². The third kappa shape index (κ3) is 4.92. The summed E-state index contributed by atoms with van der Waals surface area (Å²) >= 11 is 1.73. The van der Waals surface area contributed by atoms with Gasteiger partial charge in [-0.15, -0.1) is 0 Å². The lowest BCUT2D eigenvalue weighted by Crippen LogP contribution is -2.48. The van der Waals surface area contributed by atoms with E-state index in [1.807, 2.05) is 6.92 Å². The van der Waals surface area contributed by atoms with Crippen LogP contribution in [0.25, 0.3) is 0 Å². The molecule has 2 rings (SSSR count). The van der Waals surface area contributed by atoms with Crippen LogP contribution in [0.4, 0.5) is 4.79 Å². The molecule has 0 saturated carbocycles. The Morgan fingerprint density at radius 3 is 2.86 bits per heavy atom. The number of aryl methyl sites for hydroxylation is 2. The lowest BCUT2D eigenvalue weighted by atomic mass is 10.00. The SMILES string of the molecule is Cc1ccc(C[C@@H](C)NC(=O)NC[C@@]2(O)CCSC2)c(C)c1. The molecule has 0 spiro atoms. The number of carbonyl (C=O) groups excluding carboxylic acids is 1. The van der Waals surface area contributed by atoms with Gasteiger partial charge in [-0.25, -0.2) is 4.79 Å². The molecule has 1 aliphatic heterocycles. The zero-order chi connectivity index (χ0) is 16.2. The molecule has 1 fully saturated rings. The van der Waals surface area contributed by atoms with Crippen LogP contribution in [-0.4, -0.2) is 40.8 Å². The standard InChI is InChI=1S/C17H26N2O2S/c1-12-4-5-15(13(2)8-12)9-14(3)19-16(20)18-10-17(21)6-7-22-11-17/h4-5,8,14,21H,6-7,9-11H2,1-3H3,(H2,18,19,20)/t14-,17+/m1/s1. The maximum atomic E-state index is 11.9. The van der Waals surface area contributed by atoms with E-state index in [1.54, 1.807) is 11.8 Å². The number of carbonyl (C=O) groups is 1. The number of thioether (sulfide) groups is 1. The highest BCUT2D eigenvalue weighted by atomic mass is 32.2. The molecule has 1 aromatic rings. The number of benzene rings is 1. The molecule has 1 saturated heterocycles. The highest BCUT2D eigenvalue weighted by Crippen LogP contribution is 2.26. The average Bonchev–Trinajstić information content (AvgIpc) is 2.87. The van der Waals surface area contributed by atoms with E-state index in [0.717, 1.165) is 18.6 Å². The van der Waals surface area contributed by atoms with Gasteiger partial charge in [0.1, 0.15) is 0 Å². The van der Waals surface area contributed by atoms with Crippen molar-refractivity contribution in [1.82, 2.24) is 10.6 Å². The van der Waals surface area contributed by atoms with E-state index in [9.17, 15) is 9.90 Å². The van der Waals surface area contributed by atoms with Crippen molar-refractivity contribution < 1.29 is 9.90 Å². The molecule has 2 atom stereocenters. The first-order valence-corrected chi connectivity index (χ1v) is 8.94. The quantitative estimate of drug-likeness (QED) is 0.780. The first-order chi connectivity index (χ1) is 10.4. The lowest BCUT2D eigenvalue weighted by molar-refractivity contribution is 0.0699. The first-order valence-electron chi connectivity index (χ1n) is 7.79. The Labute approximate surface area is 137 Å². The molecule has 1 aliphatic rings. The Bertz CT molecular complexity index is 527. The van der Waals surface area contributed by atoms with Crippen LogP contribution >= 0.6 is 11.8 Å². The molecule has 0 unspecified atom stereocenters. The van der Waals surface area contributed by atoms with E-state index >= 15 is 0 Å². The molecule has 122 valence electrons. The van der Waals surface area contributed by atoms with Crippen molar-refractivity contribution in [3.05, 3.63) is 34.9 Å². The molecule has 0 aromatic heterocycles. The summed E-state index contributed by atoms with van der Waals surface area (Å²) in [6.07, 6.45) is 1.55. The second-order valence-corrected chi connectivity index (χ2v) is 7.49. The zero-order valence-corrected chi connectivity index (χ0v) is 14.4. The van der Waals surface area contributed by atoms with Crippen molar-refractivity contribution in [3.63, 3.8) is 0 Å². The van der Waals surface area contributed by atoms with E-state index in [1.165, 1.54) is 16.7 Å². The van der Waals surface area contributed by atoms with Crippen molar-refractivity contribution in [3.8, 4) is 0 Å². The number of urea groups is 1. The highest BCUT2D eigenvalue weighted by molar-refractivity contribution is 7.99. The predicted octanol–water partition coefficient (Wildman–Crippen LogP) is 2.40. The lowest BCUT2D eigenvalue weighted by Gasteiger charge is -2.23. The highest BCUT2D eigenvalue weighted by Gasteiger charge is 2.32. The molecule has 22 heavy (non-hydrogen) atoms. The monoisotopic (exact) mass is 322 g/mol. The molecular weight excluding hydrogens is 296 g/mol. The number of aliphatic hydroxyl groups is 1. The number of hydrogen-bond acceptors (Lipinski definition) is 3. The van der Waals surface area contributed by atoms with Gasteiger partial charge >= 0.3 is 6.03 Å². The summed E-state index contributed by atoms with van der Waals surface area (Å²) in [5, 5.41) is 15.9. The third-order valence-electron chi connectivity index (χ3n) is 4.06. The van der Waals surface area contributed by atoms with Gasteiger partial charge in [0.15, 0.2) is 0 Å². The molecule has 1 aromatic carbocycles. The number of nitrogens with one attached hydrogen (secondary N) is 2. The van der Waals surface area contributed by atoms with Crippen LogP contribution in [-0.2, 0) is 6.42 Å². The van der Waals surface area contributed by atoms with E-state index in [2.05, 4.69) is 42.7 Å². The zero-order valence-electron chi connectivity index (χ0n) is 13.6. The molecule has 1 heterocycles. The normalized spacial score (nSPS) is 22.4. The van der Waals surface area contributed by atoms with Gasteiger partial charge in [-0.2, -0.15) is 11.8 Å². The van der Waals surface area contributed by atoms with Crippen LogP contribution < -0.4 is 10.6 Å². The molecule has 4 nitrogen and oxygen atoms in total. The van der Waals surface area contributed by atoms with Crippen LogP contribution in [0, 0.1) is 13.8 Å². The number of amides is 2. The largest absolute Gasteiger partial charge is 0.387 e.